The van der Waals surface area contributed by atoms with Crippen molar-refractivity contribution >= 4 is 22.7 Å². The van der Waals surface area contributed by atoms with Crippen molar-refractivity contribution in [3.63, 3.8) is 0 Å². The summed E-state index contributed by atoms with van der Waals surface area (Å²) in [6.45, 7) is 0. The molecule has 0 unspecified atom stereocenters. The van der Waals surface area contributed by atoms with Crippen LogP contribution in [-0.2, 0) is 17.4 Å². The van der Waals surface area contributed by atoms with Crippen molar-refractivity contribution in [2.75, 3.05) is 7.11 Å². The summed E-state index contributed by atoms with van der Waals surface area (Å²) in [7, 11) is 1.42. The van der Waals surface area contributed by atoms with Crippen LogP contribution in [-0.4, -0.2) is 37.8 Å². The topological polar surface area (TPSA) is 123 Å². The van der Waals surface area contributed by atoms with Crippen molar-refractivity contribution in [1.29, 1.82) is 0 Å². The van der Waals surface area contributed by atoms with Gasteiger partial charge in [0.15, 0.2) is 16.7 Å². The predicted molar refractivity (Wildman–Crippen MR) is 122 cm³/mol. The second-order valence-corrected chi connectivity index (χ2v) is 7.84. The van der Waals surface area contributed by atoms with E-state index in [2.05, 4.69) is 15.1 Å². The number of nitrogens with one attached hydrogen (secondary N) is 1. The fourth-order valence-electron chi connectivity index (χ4n) is 4.02. The first kappa shape index (κ1) is 23.1. The zero-order chi connectivity index (χ0) is 25.6. The van der Waals surface area contributed by atoms with Crippen LogP contribution in [0.5, 0.6) is 5.75 Å². The van der Waals surface area contributed by atoms with E-state index in [1.54, 1.807) is 36.4 Å². The number of aromatic amines is 1. The number of aromatic nitrogens is 4. The number of carboxylic acids is 1. The number of halogens is 3. The van der Waals surface area contributed by atoms with Crippen LogP contribution in [0.2, 0.25) is 0 Å². The minimum atomic E-state index is -4.84. The highest BCUT2D eigenvalue weighted by Gasteiger charge is 2.38. The number of methoxy groups -OCH3 is 1. The van der Waals surface area contributed by atoms with Crippen molar-refractivity contribution in [2.24, 2.45) is 0 Å². The van der Waals surface area contributed by atoms with Gasteiger partial charge in [0.2, 0.25) is 5.89 Å². The van der Waals surface area contributed by atoms with Gasteiger partial charge >= 0.3 is 12.1 Å². The van der Waals surface area contributed by atoms with Gasteiger partial charge in [0.25, 0.3) is 5.56 Å². The molecule has 0 atom stereocenters. The van der Waals surface area contributed by atoms with Crippen LogP contribution < -0.4 is 10.3 Å². The molecule has 2 aromatic carbocycles. The number of carbonyl (C=O) groups is 1. The first-order chi connectivity index (χ1) is 17.2. The van der Waals surface area contributed by atoms with E-state index in [-0.39, 0.29) is 51.4 Å². The number of fused-ring (bicyclic) bond motifs is 2. The number of H-pyrrole nitrogens is 1. The Bertz CT molecular complexity index is 1670. The summed E-state index contributed by atoms with van der Waals surface area (Å²) in [5, 5.41) is 11.4. The molecular formula is C24H17F3N4O5. The number of rotatable bonds is 6. The molecule has 0 aliphatic heterocycles. The fraction of sp³-hybridized carbons (Fsp3) is 0.167. The normalized spacial score (nSPS) is 11.9. The van der Waals surface area contributed by atoms with Crippen molar-refractivity contribution in [1.82, 2.24) is 19.6 Å². The van der Waals surface area contributed by atoms with Crippen LogP contribution in [0.3, 0.4) is 0 Å². The summed E-state index contributed by atoms with van der Waals surface area (Å²) < 4.78 is 53.7. The standard InChI is InChI=1S/C24H17F3N4O5/c1-35-14-8-5-9-15-19(14)29-22(36-15)18-13(10-11-16(32)33)28-21-17(12-6-3-2-4-7-12)20(24(25,26)27)30-31(21)23(18)34/h2-9,30H,10-11H2,1H3,(H,32,33). The molecule has 0 aliphatic rings. The molecule has 12 heteroatoms. The fourth-order valence-corrected chi connectivity index (χ4v) is 4.02. The smallest absolute Gasteiger partial charge is 0.433 e. The molecule has 0 radical (unpaired) electrons. The molecule has 184 valence electrons. The first-order valence-electron chi connectivity index (χ1n) is 10.6. The number of nitrogens with zero attached hydrogens (tertiary/aromatic N) is 3. The largest absolute Gasteiger partial charge is 0.494 e. The second kappa shape index (κ2) is 8.56. The Kier molecular flexibility index (Phi) is 5.50. The Morgan fingerprint density at radius 3 is 2.53 bits per heavy atom. The van der Waals surface area contributed by atoms with E-state index in [0.717, 1.165) is 0 Å². The average molecular weight is 498 g/mol. The molecular weight excluding hydrogens is 481 g/mol. The number of hydrogen-bond acceptors (Lipinski definition) is 6. The Labute approximate surface area is 199 Å². The van der Waals surface area contributed by atoms with E-state index in [9.17, 15) is 27.9 Å². The molecule has 5 rings (SSSR count). The van der Waals surface area contributed by atoms with Gasteiger partial charge in [-0.05, 0) is 17.7 Å². The van der Waals surface area contributed by atoms with Crippen LogP contribution in [0.15, 0.2) is 57.7 Å². The van der Waals surface area contributed by atoms with Crippen LogP contribution in [0.1, 0.15) is 17.8 Å². The average Bonchev–Trinajstić information content (AvgIpc) is 3.45. The van der Waals surface area contributed by atoms with Crippen LogP contribution in [0.4, 0.5) is 13.2 Å². The van der Waals surface area contributed by atoms with Crippen LogP contribution in [0, 0.1) is 0 Å². The highest BCUT2D eigenvalue weighted by molar-refractivity contribution is 5.84. The summed E-state index contributed by atoms with van der Waals surface area (Å²) >= 11 is 0. The van der Waals surface area contributed by atoms with Crippen molar-refractivity contribution in [3.8, 4) is 28.3 Å². The molecule has 0 fully saturated rings. The van der Waals surface area contributed by atoms with Crippen molar-refractivity contribution in [2.45, 2.75) is 19.0 Å². The molecule has 36 heavy (non-hydrogen) atoms. The number of carboxylic acid groups (broad SMARTS) is 1. The SMILES string of the molecule is COc1cccc2oc(-c3c(CCC(=O)O)nc4c(-c5ccccc5)c(C(F)(F)F)[nH]n4c3=O)nc12. The highest BCUT2D eigenvalue weighted by Crippen LogP contribution is 2.39. The van der Waals surface area contributed by atoms with Crippen LogP contribution in [0.25, 0.3) is 39.3 Å². The lowest BCUT2D eigenvalue weighted by Crippen LogP contribution is -2.21. The van der Waals surface area contributed by atoms with Gasteiger partial charge in [0.05, 0.1) is 24.8 Å². The molecule has 5 aromatic rings. The number of para-hydroxylation sites is 1. The highest BCUT2D eigenvalue weighted by atomic mass is 19.4. The van der Waals surface area contributed by atoms with Gasteiger partial charge in [-0.1, -0.05) is 36.4 Å². The molecule has 2 N–H and O–H groups in total. The van der Waals surface area contributed by atoms with Gasteiger partial charge in [-0.3, -0.25) is 14.7 Å². The van der Waals surface area contributed by atoms with Crippen molar-refractivity contribution < 1.29 is 32.2 Å². The lowest BCUT2D eigenvalue weighted by atomic mass is 10.0. The third-order valence-corrected chi connectivity index (χ3v) is 5.59. The number of ether oxygens (including phenoxy) is 1. The molecule has 3 aromatic heterocycles. The van der Waals surface area contributed by atoms with Gasteiger partial charge in [0.1, 0.15) is 17.0 Å². The lowest BCUT2D eigenvalue weighted by molar-refractivity contribution is -0.141. The van der Waals surface area contributed by atoms with E-state index in [1.165, 1.54) is 19.2 Å². The number of aliphatic carboxylic acids is 1. The van der Waals surface area contributed by atoms with Gasteiger partial charge in [0, 0.05) is 6.42 Å². The van der Waals surface area contributed by atoms with Crippen LogP contribution >= 0.6 is 0 Å². The minimum Gasteiger partial charge on any atom is -0.494 e. The summed E-state index contributed by atoms with van der Waals surface area (Å²) in [5.74, 6) is -1.03. The van der Waals surface area contributed by atoms with E-state index in [0.29, 0.717) is 10.3 Å². The predicted octanol–water partition coefficient (Wildman–Crippen LogP) is 4.54. The Balaban J connectivity index is 1.85. The molecule has 0 spiro atoms. The molecule has 0 amide bonds. The maximum atomic E-state index is 14.0. The second-order valence-electron chi connectivity index (χ2n) is 7.84. The number of oxazole rings is 1. The minimum absolute atomic E-state index is 0.0576. The molecule has 9 nitrogen and oxygen atoms in total. The monoisotopic (exact) mass is 498 g/mol. The molecule has 3 heterocycles. The van der Waals surface area contributed by atoms with E-state index in [4.69, 9.17) is 9.15 Å². The molecule has 0 saturated heterocycles. The van der Waals surface area contributed by atoms with Gasteiger partial charge in [-0.25, -0.2) is 9.97 Å². The van der Waals surface area contributed by atoms with E-state index < -0.39 is 29.8 Å². The molecule has 0 aliphatic carbocycles. The number of benzene rings is 2. The van der Waals surface area contributed by atoms with E-state index in [1.807, 2.05) is 0 Å². The molecule has 0 saturated carbocycles. The Morgan fingerprint density at radius 2 is 1.86 bits per heavy atom. The van der Waals surface area contributed by atoms with Crippen molar-refractivity contribution in [3.05, 3.63) is 70.3 Å². The van der Waals surface area contributed by atoms with Gasteiger partial charge in [-0.15, -0.1) is 0 Å². The third-order valence-electron chi connectivity index (χ3n) is 5.59. The summed E-state index contributed by atoms with van der Waals surface area (Å²) in [6.07, 6.45) is -5.50. The first-order valence-corrected chi connectivity index (χ1v) is 10.6. The van der Waals surface area contributed by atoms with E-state index >= 15 is 0 Å². The summed E-state index contributed by atoms with van der Waals surface area (Å²) in [6, 6.07) is 12.5. The Morgan fingerprint density at radius 1 is 1.11 bits per heavy atom. The zero-order valence-corrected chi connectivity index (χ0v) is 18.6. The number of alkyl halides is 3. The third kappa shape index (κ3) is 3.85. The summed E-state index contributed by atoms with van der Waals surface area (Å²) in [5.41, 5.74) is -2.28. The quantitative estimate of drug-likeness (QED) is 0.352. The number of aryl methyl sites for hydroxylation is 1. The van der Waals surface area contributed by atoms with Gasteiger partial charge in [-0.2, -0.15) is 17.7 Å². The summed E-state index contributed by atoms with van der Waals surface area (Å²) in [4.78, 5) is 33.6. The maximum absolute atomic E-state index is 14.0. The lowest BCUT2D eigenvalue weighted by Gasteiger charge is -2.08. The maximum Gasteiger partial charge on any atom is 0.433 e. The number of hydrogen-bond donors (Lipinski definition) is 2. The van der Waals surface area contributed by atoms with Gasteiger partial charge < -0.3 is 14.3 Å². The Hall–Kier alpha value is -4.61. The zero-order valence-electron chi connectivity index (χ0n) is 18.6. The molecule has 0 bridgehead atoms.